The molecule has 0 bridgehead atoms. The summed E-state index contributed by atoms with van der Waals surface area (Å²) >= 11 is 0. The molecule has 0 radical (unpaired) electrons. The lowest BCUT2D eigenvalue weighted by atomic mass is 9.96. The Morgan fingerprint density at radius 1 is 1.47 bits per heavy atom. The van der Waals surface area contributed by atoms with Crippen molar-refractivity contribution in [3.05, 3.63) is 29.8 Å². The maximum atomic E-state index is 11.3. The second kappa shape index (κ2) is 6.06. The van der Waals surface area contributed by atoms with Gasteiger partial charge in [0.2, 0.25) is 5.91 Å². The van der Waals surface area contributed by atoms with Gasteiger partial charge in [0.1, 0.15) is 0 Å². The summed E-state index contributed by atoms with van der Waals surface area (Å²) in [6, 6.07) is 7.93. The van der Waals surface area contributed by atoms with E-state index in [0.29, 0.717) is 13.0 Å². The highest BCUT2D eigenvalue weighted by molar-refractivity contribution is 5.77. The zero-order chi connectivity index (χ0) is 13.8. The molecule has 1 aromatic carbocycles. The second-order valence-corrected chi connectivity index (χ2v) is 5.20. The molecule has 4 nitrogen and oxygen atoms in total. The molecule has 1 aliphatic heterocycles. The van der Waals surface area contributed by atoms with Gasteiger partial charge in [0.05, 0.1) is 12.0 Å². The molecule has 1 fully saturated rings. The summed E-state index contributed by atoms with van der Waals surface area (Å²) in [7, 11) is 0. The maximum Gasteiger partial charge on any atom is 0.222 e. The van der Waals surface area contributed by atoms with Gasteiger partial charge in [-0.15, -0.1) is 0 Å². The van der Waals surface area contributed by atoms with Crippen LogP contribution >= 0.6 is 0 Å². The molecule has 2 atom stereocenters. The highest BCUT2D eigenvalue weighted by atomic mass is 16.3. The Balaban J connectivity index is 2.07. The number of rotatable bonds is 4. The zero-order valence-electron chi connectivity index (χ0n) is 11.4. The average molecular weight is 262 g/mol. The standard InChI is InChI=1S/C15H22N2O2/c1-2-14(18)11-5-7-13(8-6-11)17-9-3-4-12(10-17)15(16)19/h5-8,12,14,18H,2-4,9-10H2,1H3,(H2,16,19)/t12?,14-/m0/s1. The third-order valence-corrected chi connectivity index (χ3v) is 3.85. The predicted octanol–water partition coefficient (Wildman–Crippen LogP) is 1.83. The monoisotopic (exact) mass is 262 g/mol. The van der Waals surface area contributed by atoms with Crippen molar-refractivity contribution in [2.45, 2.75) is 32.3 Å². The molecule has 0 spiro atoms. The van der Waals surface area contributed by atoms with Crippen LogP contribution in [0.1, 0.15) is 37.9 Å². The fraction of sp³-hybridized carbons (Fsp3) is 0.533. The Hall–Kier alpha value is -1.55. The molecule has 1 heterocycles. The molecule has 19 heavy (non-hydrogen) atoms. The molecule has 1 aliphatic rings. The number of amides is 1. The molecule has 1 aromatic rings. The summed E-state index contributed by atoms with van der Waals surface area (Å²) in [6.07, 6.45) is 2.20. The van der Waals surface area contributed by atoms with Crippen LogP contribution in [0.3, 0.4) is 0 Å². The van der Waals surface area contributed by atoms with Crippen LogP contribution in [-0.4, -0.2) is 24.1 Å². The van der Waals surface area contributed by atoms with Crippen LogP contribution in [0.5, 0.6) is 0 Å². The molecule has 1 unspecified atom stereocenters. The van der Waals surface area contributed by atoms with Crippen molar-refractivity contribution in [3.8, 4) is 0 Å². The van der Waals surface area contributed by atoms with E-state index in [1.165, 1.54) is 0 Å². The van der Waals surface area contributed by atoms with Crippen molar-refractivity contribution in [2.75, 3.05) is 18.0 Å². The molecule has 3 N–H and O–H groups in total. The molecule has 0 saturated carbocycles. The SMILES string of the molecule is CC[C@H](O)c1ccc(N2CCCC(C(N)=O)C2)cc1. The van der Waals surface area contributed by atoms with E-state index in [4.69, 9.17) is 5.73 Å². The number of hydrogen-bond donors (Lipinski definition) is 2. The number of hydrogen-bond acceptors (Lipinski definition) is 3. The summed E-state index contributed by atoms with van der Waals surface area (Å²) in [6.45, 7) is 3.62. The lowest BCUT2D eigenvalue weighted by Gasteiger charge is -2.33. The molecule has 0 aliphatic carbocycles. The predicted molar refractivity (Wildman–Crippen MR) is 75.8 cm³/mol. The van der Waals surface area contributed by atoms with E-state index >= 15 is 0 Å². The van der Waals surface area contributed by atoms with Crippen LogP contribution in [0, 0.1) is 5.92 Å². The first-order valence-electron chi connectivity index (χ1n) is 6.94. The van der Waals surface area contributed by atoms with Crippen molar-refractivity contribution < 1.29 is 9.90 Å². The maximum absolute atomic E-state index is 11.3. The number of carbonyl (C=O) groups is 1. The summed E-state index contributed by atoms with van der Waals surface area (Å²) < 4.78 is 0. The largest absolute Gasteiger partial charge is 0.388 e. The molecule has 1 saturated heterocycles. The second-order valence-electron chi connectivity index (χ2n) is 5.20. The van der Waals surface area contributed by atoms with Crippen molar-refractivity contribution in [1.82, 2.24) is 0 Å². The first kappa shape index (κ1) is 13.9. The fourth-order valence-electron chi connectivity index (χ4n) is 2.59. The molecule has 0 aromatic heterocycles. The molecule has 1 amide bonds. The van der Waals surface area contributed by atoms with Crippen LogP contribution in [0.4, 0.5) is 5.69 Å². The van der Waals surface area contributed by atoms with Crippen LogP contribution < -0.4 is 10.6 Å². The van der Waals surface area contributed by atoms with Gasteiger partial charge in [-0.3, -0.25) is 4.79 Å². The van der Waals surface area contributed by atoms with Gasteiger partial charge in [-0.25, -0.2) is 0 Å². The minimum Gasteiger partial charge on any atom is -0.388 e. The minimum atomic E-state index is -0.395. The Morgan fingerprint density at radius 2 is 2.16 bits per heavy atom. The van der Waals surface area contributed by atoms with Gasteiger partial charge in [0.15, 0.2) is 0 Å². The van der Waals surface area contributed by atoms with Gasteiger partial charge in [-0.2, -0.15) is 0 Å². The third-order valence-electron chi connectivity index (χ3n) is 3.85. The first-order valence-corrected chi connectivity index (χ1v) is 6.94. The van der Waals surface area contributed by atoms with E-state index in [9.17, 15) is 9.90 Å². The van der Waals surface area contributed by atoms with Gasteiger partial charge in [-0.1, -0.05) is 19.1 Å². The number of aliphatic hydroxyl groups excluding tert-OH is 1. The van der Waals surface area contributed by atoms with E-state index in [-0.39, 0.29) is 11.8 Å². The van der Waals surface area contributed by atoms with Crippen LogP contribution in [0.15, 0.2) is 24.3 Å². The first-order chi connectivity index (χ1) is 9.11. The van der Waals surface area contributed by atoms with Gasteiger partial charge in [0, 0.05) is 18.8 Å². The van der Waals surface area contributed by atoms with Crippen molar-refractivity contribution >= 4 is 11.6 Å². The molecule has 4 heteroatoms. The van der Waals surface area contributed by atoms with Crippen LogP contribution in [0.2, 0.25) is 0 Å². The Kier molecular flexibility index (Phi) is 4.43. The van der Waals surface area contributed by atoms with Crippen LogP contribution in [0.25, 0.3) is 0 Å². The highest BCUT2D eigenvalue weighted by Gasteiger charge is 2.24. The number of nitrogens with two attached hydrogens (primary N) is 1. The number of benzene rings is 1. The number of piperidine rings is 1. The van der Waals surface area contributed by atoms with E-state index in [0.717, 1.165) is 30.6 Å². The van der Waals surface area contributed by atoms with E-state index in [1.54, 1.807) is 0 Å². The Labute approximate surface area is 114 Å². The van der Waals surface area contributed by atoms with Gasteiger partial charge in [0.25, 0.3) is 0 Å². The highest BCUT2D eigenvalue weighted by Crippen LogP contribution is 2.25. The Bertz CT molecular complexity index is 430. The van der Waals surface area contributed by atoms with Gasteiger partial charge >= 0.3 is 0 Å². The summed E-state index contributed by atoms with van der Waals surface area (Å²) in [5.74, 6) is -0.252. The van der Waals surface area contributed by atoms with Crippen molar-refractivity contribution in [2.24, 2.45) is 11.7 Å². The Morgan fingerprint density at radius 3 is 2.74 bits per heavy atom. The number of aliphatic hydroxyl groups is 1. The number of primary amides is 1. The minimum absolute atomic E-state index is 0.0466. The number of anilines is 1. The average Bonchev–Trinajstić information content (AvgIpc) is 2.46. The lowest BCUT2D eigenvalue weighted by molar-refractivity contribution is -0.122. The zero-order valence-corrected chi connectivity index (χ0v) is 11.4. The topological polar surface area (TPSA) is 66.6 Å². The van der Waals surface area contributed by atoms with Gasteiger partial charge in [-0.05, 0) is 37.0 Å². The lowest BCUT2D eigenvalue weighted by Crippen LogP contribution is -2.41. The van der Waals surface area contributed by atoms with E-state index in [1.807, 2.05) is 31.2 Å². The number of nitrogens with zero attached hydrogens (tertiary/aromatic N) is 1. The van der Waals surface area contributed by atoms with E-state index in [2.05, 4.69) is 4.90 Å². The van der Waals surface area contributed by atoms with Crippen LogP contribution in [-0.2, 0) is 4.79 Å². The fourth-order valence-corrected chi connectivity index (χ4v) is 2.59. The van der Waals surface area contributed by atoms with Crippen molar-refractivity contribution in [1.29, 1.82) is 0 Å². The van der Waals surface area contributed by atoms with Crippen molar-refractivity contribution in [3.63, 3.8) is 0 Å². The summed E-state index contributed by atoms with van der Waals surface area (Å²) in [5, 5.41) is 9.77. The third kappa shape index (κ3) is 3.26. The quantitative estimate of drug-likeness (QED) is 0.870. The number of carbonyl (C=O) groups excluding carboxylic acids is 1. The normalized spacial score (nSPS) is 21.2. The summed E-state index contributed by atoms with van der Waals surface area (Å²) in [5.41, 5.74) is 7.43. The molecule has 2 rings (SSSR count). The molecule has 104 valence electrons. The van der Waals surface area contributed by atoms with E-state index < -0.39 is 6.10 Å². The van der Waals surface area contributed by atoms with Gasteiger partial charge < -0.3 is 15.7 Å². The summed E-state index contributed by atoms with van der Waals surface area (Å²) in [4.78, 5) is 13.5. The molecular weight excluding hydrogens is 240 g/mol. The smallest absolute Gasteiger partial charge is 0.222 e. The molecular formula is C15H22N2O2.